The number of nitrogens with two attached hydrogens (primary N) is 1. The maximum absolute atomic E-state index is 5.95. The summed E-state index contributed by atoms with van der Waals surface area (Å²) in [5.74, 6) is 0. The van der Waals surface area contributed by atoms with Crippen molar-refractivity contribution in [1.29, 1.82) is 0 Å². The van der Waals surface area contributed by atoms with E-state index in [9.17, 15) is 0 Å². The van der Waals surface area contributed by atoms with Crippen LogP contribution in [0.25, 0.3) is 11.1 Å². The number of anilines is 1. The highest BCUT2D eigenvalue weighted by Crippen LogP contribution is 2.31. The maximum atomic E-state index is 5.95. The average Bonchev–Trinajstić information content (AvgIpc) is 2.26. The molecular formula is C12H8Cl3N. The zero-order chi connectivity index (χ0) is 11.7. The molecule has 0 aliphatic carbocycles. The van der Waals surface area contributed by atoms with E-state index >= 15 is 0 Å². The molecule has 0 spiro atoms. The first kappa shape index (κ1) is 11.6. The minimum Gasteiger partial charge on any atom is -0.398 e. The molecule has 16 heavy (non-hydrogen) atoms. The predicted molar refractivity (Wildman–Crippen MR) is 71.3 cm³/mol. The Hall–Kier alpha value is -0.890. The van der Waals surface area contributed by atoms with E-state index in [0.29, 0.717) is 20.8 Å². The highest BCUT2D eigenvalue weighted by Gasteiger charge is 2.04. The monoisotopic (exact) mass is 271 g/mol. The third-order valence-electron chi connectivity index (χ3n) is 2.25. The lowest BCUT2D eigenvalue weighted by Crippen LogP contribution is -1.86. The van der Waals surface area contributed by atoms with Crippen molar-refractivity contribution < 1.29 is 0 Å². The summed E-state index contributed by atoms with van der Waals surface area (Å²) in [4.78, 5) is 0. The number of nitrogen functional groups attached to an aromatic ring is 1. The Labute approximate surface area is 109 Å². The Bertz CT molecular complexity index is 488. The second-order valence-corrected chi connectivity index (χ2v) is 4.59. The summed E-state index contributed by atoms with van der Waals surface area (Å²) in [6.45, 7) is 0. The summed E-state index contributed by atoms with van der Waals surface area (Å²) >= 11 is 17.7. The second kappa shape index (κ2) is 4.54. The molecule has 0 aromatic heterocycles. The quantitative estimate of drug-likeness (QED) is 0.734. The molecule has 82 valence electrons. The van der Waals surface area contributed by atoms with Gasteiger partial charge < -0.3 is 5.73 Å². The van der Waals surface area contributed by atoms with Gasteiger partial charge in [0.25, 0.3) is 0 Å². The number of hydrogen-bond acceptors (Lipinski definition) is 1. The van der Waals surface area contributed by atoms with E-state index < -0.39 is 0 Å². The topological polar surface area (TPSA) is 26.0 Å². The molecule has 0 unspecified atom stereocenters. The van der Waals surface area contributed by atoms with Gasteiger partial charge in [-0.15, -0.1) is 0 Å². The summed E-state index contributed by atoms with van der Waals surface area (Å²) in [6, 6.07) is 10.9. The minimum atomic E-state index is 0.520. The van der Waals surface area contributed by atoms with E-state index in [4.69, 9.17) is 40.5 Å². The molecule has 0 radical (unpaired) electrons. The highest BCUT2D eigenvalue weighted by atomic mass is 35.5. The van der Waals surface area contributed by atoms with E-state index in [2.05, 4.69) is 0 Å². The number of hydrogen-bond donors (Lipinski definition) is 1. The maximum Gasteiger partial charge on any atom is 0.0641 e. The molecule has 2 aromatic carbocycles. The van der Waals surface area contributed by atoms with Crippen molar-refractivity contribution >= 4 is 40.5 Å². The van der Waals surface area contributed by atoms with Gasteiger partial charge >= 0.3 is 0 Å². The third-order valence-corrected chi connectivity index (χ3v) is 3.32. The van der Waals surface area contributed by atoms with Gasteiger partial charge in [0.2, 0.25) is 0 Å². The van der Waals surface area contributed by atoms with Gasteiger partial charge in [-0.1, -0.05) is 46.9 Å². The largest absolute Gasteiger partial charge is 0.398 e. The summed E-state index contributed by atoms with van der Waals surface area (Å²) in [5.41, 5.74) is 8.11. The van der Waals surface area contributed by atoms with Gasteiger partial charge in [-0.2, -0.15) is 0 Å². The fourth-order valence-electron chi connectivity index (χ4n) is 1.38. The van der Waals surface area contributed by atoms with Crippen molar-refractivity contribution in [2.24, 2.45) is 0 Å². The van der Waals surface area contributed by atoms with Crippen LogP contribution in [0, 0.1) is 0 Å². The first-order valence-electron chi connectivity index (χ1n) is 4.58. The van der Waals surface area contributed by atoms with Crippen LogP contribution in [0.1, 0.15) is 0 Å². The second-order valence-electron chi connectivity index (χ2n) is 3.37. The zero-order valence-corrected chi connectivity index (χ0v) is 10.4. The van der Waals surface area contributed by atoms with Crippen molar-refractivity contribution in [3.63, 3.8) is 0 Å². The smallest absolute Gasteiger partial charge is 0.0641 e. The van der Waals surface area contributed by atoms with E-state index in [1.807, 2.05) is 12.1 Å². The standard InChI is InChI=1S/C12H8Cl3N/c13-9-3-1-7(5-10(9)14)8-2-4-12(16)11(15)6-8/h1-6H,16H2. The Morgan fingerprint density at radius 1 is 0.688 bits per heavy atom. The van der Waals surface area contributed by atoms with Crippen LogP contribution in [0.4, 0.5) is 5.69 Å². The molecule has 2 N–H and O–H groups in total. The first-order valence-corrected chi connectivity index (χ1v) is 5.72. The molecule has 1 nitrogen and oxygen atoms in total. The van der Waals surface area contributed by atoms with E-state index in [-0.39, 0.29) is 0 Å². The van der Waals surface area contributed by atoms with Crippen LogP contribution in [0.2, 0.25) is 15.1 Å². The molecule has 0 heterocycles. The van der Waals surface area contributed by atoms with Crippen LogP contribution in [0.3, 0.4) is 0 Å². The van der Waals surface area contributed by atoms with E-state index in [1.54, 1.807) is 24.3 Å². The lowest BCUT2D eigenvalue weighted by atomic mass is 10.1. The predicted octanol–water partition coefficient (Wildman–Crippen LogP) is 4.90. The third kappa shape index (κ3) is 2.27. The van der Waals surface area contributed by atoms with Gasteiger partial charge in [-0.3, -0.25) is 0 Å². The van der Waals surface area contributed by atoms with E-state index in [0.717, 1.165) is 11.1 Å². The molecule has 0 fully saturated rings. The highest BCUT2D eigenvalue weighted by molar-refractivity contribution is 6.42. The Balaban J connectivity index is 2.50. The molecule has 4 heteroatoms. The van der Waals surface area contributed by atoms with Gasteiger partial charge in [0.15, 0.2) is 0 Å². The molecular weight excluding hydrogens is 264 g/mol. The summed E-state index contributed by atoms with van der Waals surface area (Å²) in [5, 5.41) is 1.59. The zero-order valence-electron chi connectivity index (χ0n) is 8.18. The number of halogens is 3. The van der Waals surface area contributed by atoms with Crippen molar-refractivity contribution in [1.82, 2.24) is 0 Å². The molecule has 0 aliphatic heterocycles. The van der Waals surface area contributed by atoms with Crippen LogP contribution >= 0.6 is 34.8 Å². The van der Waals surface area contributed by atoms with Gasteiger partial charge in [0.05, 0.1) is 20.8 Å². The molecule has 0 bridgehead atoms. The van der Waals surface area contributed by atoms with Gasteiger partial charge in [0.1, 0.15) is 0 Å². The lowest BCUT2D eigenvalue weighted by molar-refractivity contribution is 1.61. The van der Waals surface area contributed by atoms with Gasteiger partial charge in [0, 0.05) is 0 Å². The van der Waals surface area contributed by atoms with Crippen LogP contribution in [0.15, 0.2) is 36.4 Å². The SMILES string of the molecule is Nc1ccc(-c2ccc(Cl)c(Cl)c2)cc1Cl. The fourth-order valence-corrected chi connectivity index (χ4v) is 1.86. The Kier molecular flexibility index (Phi) is 3.29. The molecule has 0 saturated heterocycles. The van der Waals surface area contributed by atoms with E-state index in [1.165, 1.54) is 0 Å². The Morgan fingerprint density at radius 2 is 1.25 bits per heavy atom. The normalized spacial score (nSPS) is 10.4. The van der Waals surface area contributed by atoms with Crippen molar-refractivity contribution in [3.8, 4) is 11.1 Å². The molecule has 0 saturated carbocycles. The average molecular weight is 273 g/mol. The minimum absolute atomic E-state index is 0.520. The first-order chi connectivity index (χ1) is 7.58. The summed E-state index contributed by atoms with van der Waals surface area (Å²) in [6.07, 6.45) is 0. The number of benzene rings is 2. The summed E-state index contributed by atoms with van der Waals surface area (Å²) < 4.78 is 0. The summed E-state index contributed by atoms with van der Waals surface area (Å²) in [7, 11) is 0. The molecule has 2 rings (SSSR count). The fraction of sp³-hybridized carbons (Fsp3) is 0. The number of rotatable bonds is 1. The molecule has 0 aliphatic rings. The molecule has 2 aromatic rings. The molecule has 0 atom stereocenters. The van der Waals surface area contributed by atoms with Gasteiger partial charge in [-0.25, -0.2) is 0 Å². The van der Waals surface area contributed by atoms with Crippen molar-refractivity contribution in [2.75, 3.05) is 5.73 Å². The Morgan fingerprint density at radius 3 is 1.81 bits per heavy atom. The molecule has 0 amide bonds. The van der Waals surface area contributed by atoms with Crippen LogP contribution in [-0.4, -0.2) is 0 Å². The van der Waals surface area contributed by atoms with Crippen molar-refractivity contribution in [2.45, 2.75) is 0 Å². The van der Waals surface area contributed by atoms with Crippen LogP contribution in [0.5, 0.6) is 0 Å². The van der Waals surface area contributed by atoms with Crippen LogP contribution < -0.4 is 5.73 Å². The van der Waals surface area contributed by atoms with Crippen molar-refractivity contribution in [3.05, 3.63) is 51.5 Å². The lowest BCUT2D eigenvalue weighted by Gasteiger charge is -2.05. The van der Waals surface area contributed by atoms with Gasteiger partial charge in [-0.05, 0) is 35.4 Å². The van der Waals surface area contributed by atoms with Crippen LogP contribution in [-0.2, 0) is 0 Å².